The van der Waals surface area contributed by atoms with Crippen LogP contribution in [-0.4, -0.2) is 61.1 Å². The van der Waals surface area contributed by atoms with Gasteiger partial charge in [-0.05, 0) is 30.3 Å². The lowest BCUT2D eigenvalue weighted by Crippen LogP contribution is -2.47. The first-order chi connectivity index (χ1) is 14.6. The summed E-state index contributed by atoms with van der Waals surface area (Å²) in [6.07, 6.45) is 5.12. The summed E-state index contributed by atoms with van der Waals surface area (Å²) in [5.41, 5.74) is 2.14. The Labute approximate surface area is 176 Å². The van der Waals surface area contributed by atoms with Crippen LogP contribution in [-0.2, 0) is 0 Å². The number of pyridine rings is 1. The lowest BCUT2D eigenvalue weighted by molar-refractivity contribution is 0.102. The van der Waals surface area contributed by atoms with Gasteiger partial charge in [0, 0.05) is 57.7 Å². The molecule has 0 aliphatic carbocycles. The van der Waals surface area contributed by atoms with Crippen LogP contribution in [0, 0.1) is 0 Å². The molecule has 3 aromatic rings. The van der Waals surface area contributed by atoms with Crippen molar-refractivity contribution in [1.29, 1.82) is 0 Å². The summed E-state index contributed by atoms with van der Waals surface area (Å²) in [7, 11) is 3.89. The van der Waals surface area contributed by atoms with Gasteiger partial charge in [-0.25, -0.2) is 15.0 Å². The van der Waals surface area contributed by atoms with Crippen molar-refractivity contribution in [2.24, 2.45) is 0 Å². The predicted molar refractivity (Wildman–Crippen MR) is 119 cm³/mol. The molecule has 3 heterocycles. The zero-order valence-electron chi connectivity index (χ0n) is 17.2. The highest BCUT2D eigenvalue weighted by atomic mass is 16.1. The van der Waals surface area contributed by atoms with Gasteiger partial charge in [0.15, 0.2) is 0 Å². The van der Waals surface area contributed by atoms with Crippen LogP contribution in [0.25, 0.3) is 0 Å². The molecule has 8 heteroatoms. The van der Waals surface area contributed by atoms with E-state index < -0.39 is 0 Å². The highest BCUT2D eigenvalue weighted by Gasteiger charge is 2.20. The van der Waals surface area contributed by atoms with Crippen LogP contribution in [0.2, 0.25) is 0 Å². The largest absolute Gasteiger partial charge is 0.378 e. The molecule has 30 heavy (non-hydrogen) atoms. The number of carbonyl (C=O) groups excluding carboxylic acids is 1. The minimum Gasteiger partial charge on any atom is -0.378 e. The van der Waals surface area contributed by atoms with E-state index in [1.54, 1.807) is 18.5 Å². The second-order valence-electron chi connectivity index (χ2n) is 7.33. The molecule has 0 atom stereocenters. The highest BCUT2D eigenvalue weighted by Crippen LogP contribution is 2.18. The molecule has 0 saturated carbocycles. The Kier molecular flexibility index (Phi) is 5.74. The number of amides is 1. The van der Waals surface area contributed by atoms with Crippen LogP contribution in [0.3, 0.4) is 0 Å². The molecule has 1 fully saturated rings. The Bertz CT molecular complexity index is 984. The summed E-state index contributed by atoms with van der Waals surface area (Å²) in [5.74, 6) is 1.48. The molecule has 0 bridgehead atoms. The Balaban J connectivity index is 1.35. The van der Waals surface area contributed by atoms with Gasteiger partial charge in [0.2, 0.25) is 5.95 Å². The molecule has 0 unspecified atom stereocenters. The number of nitrogens with zero attached hydrogens (tertiary/aromatic N) is 6. The predicted octanol–water partition coefficient (Wildman–Crippen LogP) is 2.52. The molecule has 1 N–H and O–H groups in total. The smallest absolute Gasteiger partial charge is 0.255 e. The van der Waals surface area contributed by atoms with E-state index in [1.165, 1.54) is 0 Å². The normalized spacial score (nSPS) is 13.8. The average Bonchev–Trinajstić information content (AvgIpc) is 2.80. The molecule has 1 amide bonds. The Morgan fingerprint density at radius 3 is 2.33 bits per heavy atom. The third kappa shape index (κ3) is 4.48. The minimum absolute atomic E-state index is 0.181. The van der Waals surface area contributed by atoms with E-state index in [0.717, 1.165) is 37.7 Å². The summed E-state index contributed by atoms with van der Waals surface area (Å²) in [4.78, 5) is 32.2. The van der Waals surface area contributed by atoms with Crippen molar-refractivity contribution in [3.63, 3.8) is 0 Å². The van der Waals surface area contributed by atoms with Crippen molar-refractivity contribution < 1.29 is 4.79 Å². The standard InChI is InChI=1S/C22H25N7O/c1-27(2)19-7-5-6-17(14-19)21(30)26-18-15-24-22(25-16-18)29-12-10-28(11-13-29)20-8-3-4-9-23-20/h3-9,14-16H,10-13H2,1-2H3,(H,26,30). The van der Waals surface area contributed by atoms with Crippen LogP contribution in [0.1, 0.15) is 10.4 Å². The maximum Gasteiger partial charge on any atom is 0.255 e. The number of hydrogen-bond acceptors (Lipinski definition) is 7. The van der Waals surface area contributed by atoms with Crippen LogP contribution in [0.5, 0.6) is 0 Å². The molecular formula is C22H25N7O. The van der Waals surface area contributed by atoms with E-state index in [-0.39, 0.29) is 5.91 Å². The lowest BCUT2D eigenvalue weighted by Gasteiger charge is -2.35. The van der Waals surface area contributed by atoms with Gasteiger partial charge in [0.1, 0.15) is 5.82 Å². The van der Waals surface area contributed by atoms with Crippen molar-refractivity contribution in [2.45, 2.75) is 0 Å². The van der Waals surface area contributed by atoms with Gasteiger partial charge in [-0.1, -0.05) is 12.1 Å². The maximum absolute atomic E-state index is 12.5. The van der Waals surface area contributed by atoms with Gasteiger partial charge < -0.3 is 20.0 Å². The number of carbonyl (C=O) groups is 1. The first kappa shape index (κ1) is 19.6. The average molecular weight is 403 g/mol. The summed E-state index contributed by atoms with van der Waals surface area (Å²) >= 11 is 0. The van der Waals surface area contributed by atoms with E-state index in [4.69, 9.17) is 0 Å². The van der Waals surface area contributed by atoms with Crippen molar-refractivity contribution in [3.05, 3.63) is 66.6 Å². The minimum atomic E-state index is -0.181. The number of hydrogen-bond donors (Lipinski definition) is 1. The molecule has 4 rings (SSSR count). The fourth-order valence-electron chi connectivity index (χ4n) is 3.35. The number of aromatic nitrogens is 3. The zero-order chi connectivity index (χ0) is 20.9. The summed E-state index contributed by atoms with van der Waals surface area (Å²) in [6.45, 7) is 3.36. The molecule has 8 nitrogen and oxygen atoms in total. The fourth-order valence-corrected chi connectivity index (χ4v) is 3.35. The first-order valence-electron chi connectivity index (χ1n) is 9.92. The van der Waals surface area contributed by atoms with Gasteiger partial charge in [0.05, 0.1) is 18.1 Å². The Hall–Kier alpha value is -3.68. The molecule has 1 aromatic carbocycles. The number of anilines is 4. The molecule has 0 radical (unpaired) electrons. The van der Waals surface area contributed by atoms with Crippen molar-refractivity contribution in [1.82, 2.24) is 15.0 Å². The van der Waals surface area contributed by atoms with E-state index in [2.05, 4.69) is 30.1 Å². The van der Waals surface area contributed by atoms with Gasteiger partial charge in [-0.2, -0.15) is 0 Å². The van der Waals surface area contributed by atoms with Gasteiger partial charge in [-0.15, -0.1) is 0 Å². The maximum atomic E-state index is 12.5. The number of benzene rings is 1. The number of piperazine rings is 1. The second-order valence-corrected chi connectivity index (χ2v) is 7.33. The summed E-state index contributed by atoms with van der Waals surface area (Å²) in [5, 5.41) is 2.87. The molecular weight excluding hydrogens is 378 g/mol. The third-order valence-electron chi connectivity index (χ3n) is 5.06. The SMILES string of the molecule is CN(C)c1cccc(C(=O)Nc2cnc(N3CCN(c4ccccn4)CC3)nc2)c1. The van der Waals surface area contributed by atoms with Crippen LogP contribution in [0.4, 0.5) is 23.1 Å². The molecule has 0 spiro atoms. The highest BCUT2D eigenvalue weighted by molar-refractivity contribution is 6.04. The molecule has 1 aliphatic rings. The topological polar surface area (TPSA) is 77.5 Å². The summed E-state index contributed by atoms with van der Waals surface area (Å²) in [6, 6.07) is 13.4. The van der Waals surface area contributed by atoms with Gasteiger partial charge >= 0.3 is 0 Å². The van der Waals surface area contributed by atoms with Crippen LogP contribution >= 0.6 is 0 Å². The van der Waals surface area contributed by atoms with Gasteiger partial charge in [0.25, 0.3) is 5.91 Å². The van der Waals surface area contributed by atoms with E-state index >= 15 is 0 Å². The monoisotopic (exact) mass is 403 g/mol. The first-order valence-corrected chi connectivity index (χ1v) is 9.92. The van der Waals surface area contributed by atoms with Crippen LogP contribution < -0.4 is 20.0 Å². The quantitative estimate of drug-likeness (QED) is 0.701. The molecule has 1 aliphatic heterocycles. The third-order valence-corrected chi connectivity index (χ3v) is 5.06. The Morgan fingerprint density at radius 2 is 1.67 bits per heavy atom. The summed E-state index contributed by atoms with van der Waals surface area (Å²) < 4.78 is 0. The van der Waals surface area contributed by atoms with Crippen molar-refractivity contribution in [3.8, 4) is 0 Å². The lowest BCUT2D eigenvalue weighted by atomic mass is 10.2. The molecule has 1 saturated heterocycles. The molecule has 154 valence electrons. The van der Waals surface area contributed by atoms with E-state index in [9.17, 15) is 4.79 Å². The van der Waals surface area contributed by atoms with Crippen molar-refractivity contribution in [2.75, 3.05) is 60.3 Å². The van der Waals surface area contributed by atoms with Crippen LogP contribution in [0.15, 0.2) is 61.1 Å². The van der Waals surface area contributed by atoms with Crippen molar-refractivity contribution >= 4 is 29.0 Å². The second kappa shape index (κ2) is 8.77. The Morgan fingerprint density at radius 1 is 0.933 bits per heavy atom. The van der Waals surface area contributed by atoms with E-state index in [0.29, 0.717) is 17.2 Å². The zero-order valence-corrected chi connectivity index (χ0v) is 17.2. The fraction of sp³-hybridized carbons (Fsp3) is 0.273. The number of nitrogens with one attached hydrogen (secondary N) is 1. The number of rotatable bonds is 5. The van der Waals surface area contributed by atoms with Gasteiger partial charge in [-0.3, -0.25) is 4.79 Å². The molecule has 2 aromatic heterocycles. The van der Waals surface area contributed by atoms with E-state index in [1.807, 2.05) is 61.6 Å².